The van der Waals surface area contributed by atoms with E-state index in [9.17, 15) is 20.4 Å². The first-order valence-electron chi connectivity index (χ1n) is 11.1. The molecule has 8 unspecified atom stereocenters. The van der Waals surface area contributed by atoms with Crippen LogP contribution in [0.3, 0.4) is 0 Å². The molecule has 0 spiro atoms. The van der Waals surface area contributed by atoms with E-state index in [0.29, 0.717) is 31.4 Å². The molecule has 2 aromatic carbocycles. The van der Waals surface area contributed by atoms with Crippen molar-refractivity contribution in [1.82, 2.24) is 24.8 Å². The molecule has 3 aromatic rings. The number of aliphatic hydroxyl groups excluding tert-OH is 4. The molecule has 8 atom stereocenters. The van der Waals surface area contributed by atoms with E-state index in [4.69, 9.17) is 0 Å². The molecule has 2 saturated carbocycles. The fourth-order valence-corrected chi connectivity index (χ4v) is 5.68. The first-order chi connectivity index (χ1) is 15.4. The van der Waals surface area contributed by atoms with Crippen molar-refractivity contribution in [3.05, 3.63) is 47.5 Å². The van der Waals surface area contributed by atoms with Gasteiger partial charge in [-0.05, 0) is 24.1 Å². The lowest BCUT2D eigenvalue weighted by Gasteiger charge is -2.23. The molecule has 1 aromatic heterocycles. The molecule has 2 aliphatic carbocycles. The molecule has 7 rings (SSSR count). The second kappa shape index (κ2) is 5.93. The van der Waals surface area contributed by atoms with E-state index >= 15 is 0 Å². The number of benzene rings is 2. The number of β-amino-alcohol motifs (C(OH)–C–C–N with tert-alkyl or cyclic N) is 2. The monoisotopic (exact) mass is 435 g/mol. The number of aliphatic hydroxyl groups is 4. The summed E-state index contributed by atoms with van der Waals surface area (Å²) in [6, 6.07) is 12.1. The average Bonchev–Trinajstić information content (AvgIpc) is 3.70. The van der Waals surface area contributed by atoms with Gasteiger partial charge in [0.1, 0.15) is 23.6 Å². The average molecular weight is 435 g/mol. The zero-order chi connectivity index (χ0) is 22.0. The van der Waals surface area contributed by atoms with Crippen LogP contribution in [0.4, 0.5) is 0 Å². The summed E-state index contributed by atoms with van der Waals surface area (Å²) in [5.74, 6) is 0. The number of hydrogen-bond acceptors (Lipinski definition) is 8. The van der Waals surface area contributed by atoms with Crippen molar-refractivity contribution in [2.75, 3.05) is 13.1 Å². The second-order valence-electron chi connectivity index (χ2n) is 9.73. The lowest BCUT2D eigenvalue weighted by Crippen LogP contribution is -2.33. The van der Waals surface area contributed by atoms with Crippen LogP contribution in [-0.2, 0) is 11.2 Å². The number of aryl methyl sites for hydroxylation is 1. The van der Waals surface area contributed by atoms with Gasteiger partial charge in [0.2, 0.25) is 0 Å². The maximum Gasteiger partial charge on any atom is 0.148 e. The van der Waals surface area contributed by atoms with E-state index in [-0.39, 0.29) is 0 Å². The van der Waals surface area contributed by atoms with Gasteiger partial charge in [0.15, 0.2) is 0 Å². The minimum absolute atomic E-state index is 0.505. The van der Waals surface area contributed by atoms with E-state index in [1.54, 1.807) is 4.68 Å². The smallest absolute Gasteiger partial charge is 0.148 e. The number of fused-ring (bicyclic) bond motifs is 1. The van der Waals surface area contributed by atoms with Gasteiger partial charge in [-0.1, -0.05) is 41.1 Å². The van der Waals surface area contributed by atoms with Gasteiger partial charge in [-0.3, -0.25) is 4.90 Å². The lowest BCUT2D eigenvalue weighted by molar-refractivity contribution is 0.0867. The molecule has 0 radical (unpaired) electrons. The van der Waals surface area contributed by atoms with E-state index in [0.717, 1.165) is 27.8 Å². The Labute approximate surface area is 184 Å². The largest absolute Gasteiger partial charge is 0.391 e. The molecule has 4 aliphatic rings. The molecule has 4 fully saturated rings. The maximum absolute atomic E-state index is 10.6. The van der Waals surface area contributed by atoms with Crippen molar-refractivity contribution in [3.63, 3.8) is 0 Å². The summed E-state index contributed by atoms with van der Waals surface area (Å²) in [4.78, 5) is 3.79. The van der Waals surface area contributed by atoms with E-state index < -0.39 is 35.9 Å². The quantitative estimate of drug-likeness (QED) is 0.416. The fourth-order valence-electron chi connectivity index (χ4n) is 5.68. The summed E-state index contributed by atoms with van der Waals surface area (Å²) in [5, 5.41) is 50.1. The molecule has 0 bridgehead atoms. The highest BCUT2D eigenvalue weighted by Gasteiger charge is 2.68. The fraction of sp³-hybridized carbons (Fsp3) is 0.478. The Morgan fingerprint density at radius 1 is 0.906 bits per heavy atom. The van der Waals surface area contributed by atoms with Crippen molar-refractivity contribution in [2.24, 2.45) is 0 Å². The zero-order valence-corrected chi connectivity index (χ0v) is 17.6. The Kier molecular flexibility index (Phi) is 3.54. The Hall–Kier alpha value is -2.40. The van der Waals surface area contributed by atoms with Crippen LogP contribution in [-0.4, -0.2) is 83.0 Å². The van der Waals surface area contributed by atoms with Gasteiger partial charge in [0, 0.05) is 31.5 Å². The molecule has 0 amide bonds. The SMILES string of the molecule is Cc1ccc(C2(N3CC3O)CC2O)c(-c2cccc3c2nnn3C2(N3CC3O)CC2O)c1. The second-order valence-corrected chi connectivity index (χ2v) is 9.73. The molecular formula is C23H25N5O4. The topological polar surface area (TPSA) is 118 Å². The molecule has 9 heteroatoms. The molecule has 166 valence electrons. The summed E-state index contributed by atoms with van der Waals surface area (Å²) in [5.41, 5.74) is 4.14. The van der Waals surface area contributed by atoms with Crippen molar-refractivity contribution < 1.29 is 20.4 Å². The van der Waals surface area contributed by atoms with Crippen LogP contribution in [0.5, 0.6) is 0 Å². The third-order valence-electron chi connectivity index (χ3n) is 7.72. The Balaban J connectivity index is 1.40. The lowest BCUT2D eigenvalue weighted by atomic mass is 9.90. The van der Waals surface area contributed by atoms with Gasteiger partial charge >= 0.3 is 0 Å². The molecule has 3 heterocycles. The summed E-state index contributed by atoms with van der Waals surface area (Å²) in [6.07, 6.45) is -1.11. The third-order valence-corrected chi connectivity index (χ3v) is 7.72. The number of aromatic nitrogens is 3. The summed E-state index contributed by atoms with van der Waals surface area (Å²) >= 11 is 0. The molecule has 9 nitrogen and oxygen atoms in total. The summed E-state index contributed by atoms with van der Waals surface area (Å²) in [6.45, 7) is 3.10. The van der Waals surface area contributed by atoms with Gasteiger partial charge in [0.25, 0.3) is 0 Å². The Bertz CT molecular complexity index is 1280. The first kappa shape index (κ1) is 19.1. The van der Waals surface area contributed by atoms with Crippen molar-refractivity contribution in [2.45, 2.75) is 55.6 Å². The van der Waals surface area contributed by atoms with Gasteiger partial charge in [-0.2, -0.15) is 0 Å². The minimum atomic E-state index is -0.736. The number of hydrogen-bond donors (Lipinski definition) is 4. The van der Waals surface area contributed by atoms with Crippen LogP contribution in [0.2, 0.25) is 0 Å². The van der Waals surface area contributed by atoms with Crippen molar-refractivity contribution >= 4 is 11.0 Å². The molecule has 2 aliphatic heterocycles. The van der Waals surface area contributed by atoms with E-state index in [2.05, 4.69) is 16.4 Å². The molecule has 2 saturated heterocycles. The highest BCUT2D eigenvalue weighted by molar-refractivity contribution is 5.93. The molecule has 32 heavy (non-hydrogen) atoms. The standard InChI is InChI=1S/C23H25N5O4/c1-12-5-6-15(22(8-17(22)29)26-10-19(26)31)14(7-12)13-3-2-4-16-21(13)24-25-28(16)23(9-18(23)30)27-11-20(27)32/h2-7,17-20,29-32H,8-11H2,1H3. The van der Waals surface area contributed by atoms with Gasteiger partial charge in [0.05, 0.1) is 23.3 Å². The Morgan fingerprint density at radius 3 is 2.19 bits per heavy atom. The minimum Gasteiger partial charge on any atom is -0.391 e. The maximum atomic E-state index is 10.6. The molecular weight excluding hydrogens is 410 g/mol. The number of rotatable bonds is 5. The van der Waals surface area contributed by atoms with Crippen LogP contribution in [0.1, 0.15) is 24.0 Å². The van der Waals surface area contributed by atoms with E-state index in [1.807, 2.05) is 47.1 Å². The van der Waals surface area contributed by atoms with Crippen LogP contribution in [0.25, 0.3) is 22.2 Å². The summed E-state index contributed by atoms with van der Waals surface area (Å²) < 4.78 is 1.75. The normalized spacial score (nSPS) is 41.7. The van der Waals surface area contributed by atoms with Crippen molar-refractivity contribution in [1.29, 1.82) is 0 Å². The van der Waals surface area contributed by atoms with Crippen molar-refractivity contribution in [3.8, 4) is 11.1 Å². The molecule has 4 N–H and O–H groups in total. The predicted octanol–water partition coefficient (Wildman–Crippen LogP) is 0.0520. The van der Waals surface area contributed by atoms with Gasteiger partial charge < -0.3 is 20.4 Å². The van der Waals surface area contributed by atoms with Gasteiger partial charge in [-0.15, -0.1) is 5.10 Å². The third kappa shape index (κ3) is 2.33. The Morgan fingerprint density at radius 2 is 1.59 bits per heavy atom. The zero-order valence-electron chi connectivity index (χ0n) is 17.6. The number of nitrogens with zero attached hydrogens (tertiary/aromatic N) is 5. The highest BCUT2D eigenvalue weighted by Crippen LogP contribution is 2.58. The van der Waals surface area contributed by atoms with E-state index in [1.165, 1.54) is 0 Å². The van der Waals surface area contributed by atoms with Crippen LogP contribution < -0.4 is 0 Å². The summed E-state index contributed by atoms with van der Waals surface area (Å²) in [7, 11) is 0. The van der Waals surface area contributed by atoms with Crippen LogP contribution >= 0.6 is 0 Å². The van der Waals surface area contributed by atoms with Crippen LogP contribution in [0, 0.1) is 6.92 Å². The first-order valence-corrected chi connectivity index (χ1v) is 11.1. The predicted molar refractivity (Wildman–Crippen MR) is 114 cm³/mol. The highest BCUT2D eigenvalue weighted by atomic mass is 16.3. The van der Waals surface area contributed by atoms with Gasteiger partial charge in [-0.25, -0.2) is 9.58 Å². The van der Waals surface area contributed by atoms with Crippen LogP contribution in [0.15, 0.2) is 36.4 Å².